The van der Waals surface area contributed by atoms with Gasteiger partial charge < -0.3 is 24.3 Å². The Kier molecular flexibility index (Phi) is 5.79. The largest absolute Gasteiger partial charge is 0.618 e. The van der Waals surface area contributed by atoms with Gasteiger partial charge in [-0.3, -0.25) is 0 Å². The van der Waals surface area contributed by atoms with Crippen LogP contribution < -0.4 is 14.2 Å². The molecule has 156 valence electrons. The molecular weight excluding hydrogens is 400 g/mol. The second-order valence-electron chi connectivity index (χ2n) is 6.64. The zero-order valence-electron chi connectivity index (χ0n) is 16.3. The number of carboxylic acid groups (broad SMARTS) is 1. The normalized spacial score (nSPS) is 10.6. The molecule has 8 nitrogen and oxygen atoms in total. The number of benzene rings is 2. The Bertz CT molecular complexity index is 1180. The smallest absolute Gasteiger partial charge is 0.358 e. The van der Waals surface area contributed by atoms with Crippen LogP contribution in [0.1, 0.15) is 21.6 Å². The van der Waals surface area contributed by atoms with E-state index in [4.69, 9.17) is 19.1 Å². The van der Waals surface area contributed by atoms with Gasteiger partial charge in [-0.2, -0.15) is 4.73 Å². The van der Waals surface area contributed by atoms with E-state index in [0.29, 0.717) is 10.5 Å². The van der Waals surface area contributed by atoms with Crippen LogP contribution in [0.2, 0.25) is 0 Å². The van der Waals surface area contributed by atoms with Crippen LogP contribution in [-0.4, -0.2) is 16.2 Å². The molecule has 0 fully saturated rings. The predicted molar refractivity (Wildman–Crippen MR) is 109 cm³/mol. The van der Waals surface area contributed by atoms with Crippen LogP contribution in [-0.2, 0) is 13.2 Å². The fraction of sp³-hybridized carbons (Fsp3) is 0.0870. The Morgan fingerprint density at radius 1 is 0.935 bits per heavy atom. The van der Waals surface area contributed by atoms with Gasteiger partial charge in [0.15, 0.2) is 11.4 Å². The van der Waals surface area contributed by atoms with Crippen LogP contribution in [0.25, 0.3) is 11.5 Å². The van der Waals surface area contributed by atoms with Crippen molar-refractivity contribution >= 4 is 5.97 Å². The van der Waals surface area contributed by atoms with Gasteiger partial charge in [0.2, 0.25) is 17.7 Å². The second kappa shape index (κ2) is 9.00. The van der Waals surface area contributed by atoms with E-state index in [0.717, 1.165) is 11.1 Å². The maximum Gasteiger partial charge on any atom is 0.358 e. The van der Waals surface area contributed by atoms with Gasteiger partial charge >= 0.3 is 5.97 Å². The monoisotopic (exact) mass is 418 g/mol. The van der Waals surface area contributed by atoms with Crippen molar-refractivity contribution in [2.24, 2.45) is 0 Å². The quantitative estimate of drug-likeness (QED) is 0.342. The van der Waals surface area contributed by atoms with Gasteiger partial charge in [-0.05, 0) is 11.1 Å². The molecule has 31 heavy (non-hydrogen) atoms. The number of aromatic nitrogens is 2. The summed E-state index contributed by atoms with van der Waals surface area (Å²) in [5, 5.41) is 25.1. The Morgan fingerprint density at radius 2 is 1.52 bits per heavy atom. The Morgan fingerprint density at radius 3 is 2.06 bits per heavy atom. The minimum Gasteiger partial charge on any atom is -0.618 e. The molecule has 8 heteroatoms. The van der Waals surface area contributed by atoms with Gasteiger partial charge in [0.05, 0.1) is 6.07 Å². The molecule has 0 saturated heterocycles. The molecule has 0 aliphatic heterocycles. The molecule has 2 aromatic heterocycles. The number of hydrogen-bond acceptors (Lipinski definition) is 6. The van der Waals surface area contributed by atoms with Crippen molar-refractivity contribution in [1.82, 2.24) is 5.16 Å². The molecule has 0 bridgehead atoms. The average Bonchev–Trinajstić information content (AvgIpc) is 3.29. The van der Waals surface area contributed by atoms with Crippen LogP contribution in [0.15, 0.2) is 83.5 Å². The van der Waals surface area contributed by atoms with E-state index < -0.39 is 5.97 Å². The topological polar surface area (TPSA) is 109 Å². The maximum absolute atomic E-state index is 12.6. The van der Waals surface area contributed by atoms with Crippen LogP contribution >= 0.6 is 0 Å². The number of aromatic carboxylic acids is 1. The lowest BCUT2D eigenvalue weighted by Gasteiger charge is -2.14. The lowest BCUT2D eigenvalue weighted by molar-refractivity contribution is -0.594. The lowest BCUT2D eigenvalue weighted by atomic mass is 10.2. The van der Waals surface area contributed by atoms with Gasteiger partial charge in [0.25, 0.3) is 5.69 Å². The average molecular weight is 418 g/mol. The summed E-state index contributed by atoms with van der Waals surface area (Å²) >= 11 is 0. The van der Waals surface area contributed by atoms with Gasteiger partial charge in [-0.15, -0.1) is 0 Å². The third-order valence-corrected chi connectivity index (χ3v) is 4.44. The first-order valence-electron chi connectivity index (χ1n) is 9.41. The summed E-state index contributed by atoms with van der Waals surface area (Å²) in [5.41, 5.74) is 1.62. The van der Waals surface area contributed by atoms with Crippen molar-refractivity contribution in [1.29, 1.82) is 0 Å². The van der Waals surface area contributed by atoms with E-state index in [2.05, 4.69) is 5.16 Å². The molecule has 1 N–H and O–H groups in total. The minimum atomic E-state index is -1.25. The second-order valence-corrected chi connectivity index (χ2v) is 6.64. The van der Waals surface area contributed by atoms with Crippen LogP contribution in [0.3, 0.4) is 0 Å². The van der Waals surface area contributed by atoms with Crippen molar-refractivity contribution in [3.05, 3.63) is 101 Å². The highest BCUT2D eigenvalue weighted by molar-refractivity contribution is 5.86. The Balaban J connectivity index is 1.64. The summed E-state index contributed by atoms with van der Waals surface area (Å²) in [4.78, 5) is 11.1. The zero-order chi connectivity index (χ0) is 21.6. The summed E-state index contributed by atoms with van der Waals surface area (Å²) in [5.74, 6) is -0.686. The van der Waals surface area contributed by atoms with Crippen molar-refractivity contribution < 1.29 is 28.6 Å². The van der Waals surface area contributed by atoms with Crippen LogP contribution in [0.4, 0.5) is 0 Å². The highest BCUT2D eigenvalue weighted by Gasteiger charge is 2.23. The minimum absolute atomic E-state index is 0.00608. The Hall–Kier alpha value is -4.33. The summed E-state index contributed by atoms with van der Waals surface area (Å²) in [7, 11) is 0. The molecular formula is C23H18N2O6. The zero-order valence-corrected chi connectivity index (χ0v) is 16.3. The molecule has 2 heterocycles. The van der Waals surface area contributed by atoms with Crippen LogP contribution in [0.5, 0.6) is 11.5 Å². The fourth-order valence-electron chi connectivity index (χ4n) is 2.87. The van der Waals surface area contributed by atoms with Crippen molar-refractivity contribution in [3.8, 4) is 23.0 Å². The predicted octanol–water partition coefficient (Wildman–Crippen LogP) is 3.83. The van der Waals surface area contributed by atoms with Crippen molar-refractivity contribution in [3.63, 3.8) is 0 Å². The highest BCUT2D eigenvalue weighted by atomic mass is 16.5. The third kappa shape index (κ3) is 4.81. The van der Waals surface area contributed by atoms with E-state index in [1.165, 1.54) is 18.3 Å². The summed E-state index contributed by atoms with van der Waals surface area (Å²) in [6.45, 7) is 0.495. The molecule has 0 saturated carbocycles. The van der Waals surface area contributed by atoms with Crippen molar-refractivity contribution in [2.75, 3.05) is 0 Å². The molecule has 2 aromatic carbocycles. The first-order valence-corrected chi connectivity index (χ1v) is 9.41. The number of ether oxygens (including phenoxy) is 2. The highest BCUT2D eigenvalue weighted by Crippen LogP contribution is 2.31. The molecule has 0 unspecified atom stereocenters. The molecule has 0 aliphatic rings. The first-order chi connectivity index (χ1) is 15.1. The number of hydrogen-bond donors (Lipinski definition) is 1. The van der Waals surface area contributed by atoms with E-state index in [-0.39, 0.29) is 36.1 Å². The number of nitrogens with zero attached hydrogens (tertiary/aromatic N) is 2. The third-order valence-electron chi connectivity index (χ3n) is 4.44. The Labute approximate surface area is 177 Å². The molecule has 0 aliphatic carbocycles. The van der Waals surface area contributed by atoms with E-state index in [1.807, 2.05) is 60.7 Å². The van der Waals surface area contributed by atoms with Gasteiger partial charge in [0, 0.05) is 6.07 Å². The van der Waals surface area contributed by atoms with E-state index in [9.17, 15) is 10.0 Å². The number of rotatable bonds is 8. The van der Waals surface area contributed by atoms with E-state index in [1.54, 1.807) is 0 Å². The molecule has 0 spiro atoms. The summed E-state index contributed by atoms with van der Waals surface area (Å²) in [6, 6.07) is 21.7. The molecule has 0 radical (unpaired) electrons. The molecule has 4 rings (SSSR count). The molecule has 4 aromatic rings. The lowest BCUT2D eigenvalue weighted by Crippen LogP contribution is -2.29. The SMILES string of the molecule is O=C(O)c1cc(-c2cc(OCc3ccccc3)c(OCc3ccccc3)c[n+]2[O-])on1. The number of carboxylic acids is 1. The van der Waals surface area contributed by atoms with Crippen LogP contribution in [0, 0.1) is 5.21 Å². The summed E-state index contributed by atoms with van der Waals surface area (Å²) in [6.07, 6.45) is 1.22. The van der Waals surface area contributed by atoms with Gasteiger partial charge in [-0.1, -0.05) is 65.8 Å². The van der Waals surface area contributed by atoms with Gasteiger partial charge in [-0.25, -0.2) is 4.79 Å². The van der Waals surface area contributed by atoms with Crippen molar-refractivity contribution in [2.45, 2.75) is 13.2 Å². The first kappa shape index (κ1) is 20.0. The molecule has 0 atom stereocenters. The summed E-state index contributed by atoms with van der Waals surface area (Å²) < 4.78 is 17.3. The number of carbonyl (C=O) groups is 1. The fourth-order valence-corrected chi connectivity index (χ4v) is 2.87. The standard InChI is InChI=1S/C23H18N2O6/c26-23(27)18-11-20(31-24-18)19-12-21(29-14-16-7-3-1-4-8-16)22(13-25(19)28)30-15-17-9-5-2-6-10-17/h1-13H,14-15H2,(H,26,27). The van der Waals surface area contributed by atoms with E-state index >= 15 is 0 Å². The maximum atomic E-state index is 12.6. The molecule has 0 amide bonds. The van der Waals surface area contributed by atoms with Gasteiger partial charge in [0.1, 0.15) is 13.2 Å². The number of pyridine rings is 1.